The largest absolute Gasteiger partial charge is 0.489 e. The van der Waals surface area contributed by atoms with Gasteiger partial charge in [-0.1, -0.05) is 17.7 Å². The second-order valence-electron chi connectivity index (χ2n) is 7.67. The number of carbonyl (C=O) groups excluding carboxylic acids is 1. The van der Waals surface area contributed by atoms with Crippen molar-refractivity contribution in [2.45, 2.75) is 6.61 Å². The van der Waals surface area contributed by atoms with E-state index < -0.39 is 17.5 Å². The predicted octanol–water partition coefficient (Wildman–Crippen LogP) is 5.77. The molecule has 10 heteroatoms. The maximum atomic E-state index is 14.5. The van der Waals surface area contributed by atoms with Crippen molar-refractivity contribution in [3.8, 4) is 17.0 Å². The Morgan fingerprint density at radius 3 is 2.60 bits per heavy atom. The lowest BCUT2D eigenvalue weighted by Gasteiger charge is -2.11. The van der Waals surface area contributed by atoms with Gasteiger partial charge in [-0.05, 0) is 66.7 Å². The molecular formula is C25H18ClF2N5O2. The number of aromatic nitrogens is 1. The average Bonchev–Trinajstić information content (AvgIpc) is 3.33. The van der Waals surface area contributed by atoms with Crippen molar-refractivity contribution >= 4 is 34.7 Å². The van der Waals surface area contributed by atoms with Gasteiger partial charge in [0.25, 0.3) is 5.91 Å². The monoisotopic (exact) mass is 493 g/mol. The van der Waals surface area contributed by atoms with Crippen molar-refractivity contribution in [3.05, 3.63) is 101 Å². The third-order valence-electron chi connectivity index (χ3n) is 5.30. The number of hydrazine groups is 2. The van der Waals surface area contributed by atoms with Gasteiger partial charge in [0.15, 0.2) is 5.82 Å². The fourth-order valence-electron chi connectivity index (χ4n) is 3.47. The second kappa shape index (κ2) is 9.57. The van der Waals surface area contributed by atoms with Crippen molar-refractivity contribution in [1.29, 1.82) is 0 Å². The number of nitrogens with zero attached hydrogens (tertiary/aromatic N) is 1. The summed E-state index contributed by atoms with van der Waals surface area (Å²) in [5.41, 5.74) is 11.4. The van der Waals surface area contributed by atoms with Gasteiger partial charge in [0.1, 0.15) is 24.0 Å². The number of pyridine rings is 1. The molecule has 7 nitrogen and oxygen atoms in total. The first-order valence-corrected chi connectivity index (χ1v) is 10.9. The minimum Gasteiger partial charge on any atom is -0.489 e. The van der Waals surface area contributed by atoms with E-state index in [1.165, 1.54) is 24.3 Å². The number of halogens is 3. The van der Waals surface area contributed by atoms with Gasteiger partial charge in [-0.2, -0.15) is 0 Å². The molecule has 0 atom stereocenters. The highest BCUT2D eigenvalue weighted by molar-refractivity contribution is 6.31. The third kappa shape index (κ3) is 5.01. The normalized spacial score (nSPS) is 11.9. The highest BCUT2D eigenvalue weighted by atomic mass is 35.5. The Bertz CT molecular complexity index is 1420. The van der Waals surface area contributed by atoms with Crippen LogP contribution in [-0.2, 0) is 6.61 Å². The van der Waals surface area contributed by atoms with Gasteiger partial charge in [-0.3, -0.25) is 10.2 Å². The first kappa shape index (κ1) is 22.6. The Morgan fingerprint density at radius 2 is 1.80 bits per heavy atom. The summed E-state index contributed by atoms with van der Waals surface area (Å²) in [6.45, 7) is 0.154. The lowest BCUT2D eigenvalue weighted by molar-refractivity contribution is 0.102. The van der Waals surface area contributed by atoms with Crippen LogP contribution in [0.2, 0.25) is 5.02 Å². The number of amides is 1. The molecule has 0 radical (unpaired) electrons. The molecule has 4 aromatic rings. The molecule has 1 aliphatic rings. The molecule has 176 valence electrons. The van der Waals surface area contributed by atoms with Crippen molar-refractivity contribution in [1.82, 2.24) is 10.5 Å². The zero-order chi connectivity index (χ0) is 24.4. The van der Waals surface area contributed by atoms with Gasteiger partial charge in [-0.15, -0.1) is 5.53 Å². The summed E-state index contributed by atoms with van der Waals surface area (Å²) in [7, 11) is 0. The van der Waals surface area contributed by atoms with E-state index in [9.17, 15) is 13.6 Å². The Hall–Kier alpha value is -4.21. The molecule has 2 heterocycles. The number of carbonyl (C=O) groups is 1. The molecule has 1 amide bonds. The van der Waals surface area contributed by atoms with Gasteiger partial charge >= 0.3 is 0 Å². The van der Waals surface area contributed by atoms with Crippen LogP contribution in [0.3, 0.4) is 0 Å². The minimum atomic E-state index is -0.648. The number of rotatable bonds is 6. The molecule has 0 unspecified atom stereocenters. The minimum absolute atomic E-state index is 0.111. The van der Waals surface area contributed by atoms with Crippen LogP contribution in [0.5, 0.6) is 5.75 Å². The van der Waals surface area contributed by atoms with Crippen LogP contribution in [0.1, 0.15) is 15.9 Å². The number of anilines is 3. The van der Waals surface area contributed by atoms with Crippen molar-refractivity contribution in [2.75, 3.05) is 16.2 Å². The molecule has 1 aromatic heterocycles. The lowest BCUT2D eigenvalue weighted by atomic mass is 10.1. The Balaban J connectivity index is 1.26. The molecule has 0 aliphatic carbocycles. The summed E-state index contributed by atoms with van der Waals surface area (Å²) in [6.07, 6.45) is 0. The van der Waals surface area contributed by atoms with Crippen molar-refractivity contribution in [2.24, 2.45) is 0 Å². The van der Waals surface area contributed by atoms with Gasteiger partial charge in [0.05, 0.1) is 22.0 Å². The quantitative estimate of drug-likeness (QED) is 0.273. The van der Waals surface area contributed by atoms with E-state index in [0.29, 0.717) is 34.1 Å². The van der Waals surface area contributed by atoms with E-state index in [4.69, 9.17) is 16.3 Å². The molecule has 4 N–H and O–H groups in total. The second-order valence-corrected chi connectivity index (χ2v) is 8.07. The third-order valence-corrected chi connectivity index (χ3v) is 5.65. The van der Waals surface area contributed by atoms with Crippen LogP contribution in [0, 0.1) is 11.6 Å². The van der Waals surface area contributed by atoms with E-state index >= 15 is 0 Å². The average molecular weight is 494 g/mol. The van der Waals surface area contributed by atoms with Crippen LogP contribution < -0.4 is 26.4 Å². The molecule has 0 saturated carbocycles. The van der Waals surface area contributed by atoms with Crippen LogP contribution in [0.4, 0.5) is 26.0 Å². The molecule has 0 bridgehead atoms. The Morgan fingerprint density at radius 1 is 0.971 bits per heavy atom. The molecule has 35 heavy (non-hydrogen) atoms. The highest BCUT2D eigenvalue weighted by Crippen LogP contribution is 2.28. The SMILES string of the molecule is O=C(Nc1ccc(OCc2ccc(F)cc2Cl)cc1)c1cc(-c2ccc3c(n2)NNN3)ccc1F. The Kier molecular flexibility index (Phi) is 6.17. The van der Waals surface area contributed by atoms with E-state index in [1.807, 2.05) is 6.07 Å². The van der Waals surface area contributed by atoms with Gasteiger partial charge < -0.3 is 15.5 Å². The number of fused-ring (bicyclic) bond motifs is 1. The molecule has 0 spiro atoms. The molecule has 0 saturated heterocycles. The summed E-state index contributed by atoms with van der Waals surface area (Å²) < 4.78 is 33.3. The number of nitrogens with one attached hydrogen (secondary N) is 4. The molecule has 0 fully saturated rings. The topological polar surface area (TPSA) is 87.3 Å². The fraction of sp³-hybridized carbons (Fsp3) is 0.0400. The van der Waals surface area contributed by atoms with Crippen LogP contribution in [0.25, 0.3) is 11.3 Å². The number of hydrogen-bond donors (Lipinski definition) is 4. The Labute approximate surface area is 204 Å². The van der Waals surface area contributed by atoms with E-state index in [2.05, 4.69) is 26.7 Å². The van der Waals surface area contributed by atoms with E-state index in [-0.39, 0.29) is 17.2 Å². The van der Waals surface area contributed by atoms with Crippen LogP contribution in [0.15, 0.2) is 72.8 Å². The van der Waals surface area contributed by atoms with Crippen LogP contribution in [-0.4, -0.2) is 10.9 Å². The smallest absolute Gasteiger partial charge is 0.258 e. The van der Waals surface area contributed by atoms with Crippen molar-refractivity contribution < 1.29 is 18.3 Å². The van der Waals surface area contributed by atoms with Crippen LogP contribution >= 0.6 is 11.6 Å². The summed E-state index contributed by atoms with van der Waals surface area (Å²) in [5, 5.41) is 2.96. The standard InChI is InChI=1S/C25H18ClF2N5O2/c26-20-12-16(27)3-1-15(20)13-35-18-6-4-17(5-7-18)29-25(34)19-11-14(2-8-21(19)28)22-9-10-23-24(30-22)32-33-31-23/h1-12,31,33H,13H2,(H,29,34)(H,30,32). The maximum absolute atomic E-state index is 14.5. The lowest BCUT2D eigenvalue weighted by Crippen LogP contribution is -2.19. The number of ether oxygens (including phenoxy) is 1. The zero-order valence-corrected chi connectivity index (χ0v) is 18.8. The zero-order valence-electron chi connectivity index (χ0n) is 18.0. The number of benzene rings is 3. The highest BCUT2D eigenvalue weighted by Gasteiger charge is 2.16. The maximum Gasteiger partial charge on any atom is 0.258 e. The van der Waals surface area contributed by atoms with Gasteiger partial charge in [0, 0.05) is 16.8 Å². The summed E-state index contributed by atoms with van der Waals surface area (Å²) in [4.78, 5) is 17.3. The predicted molar refractivity (Wildman–Crippen MR) is 130 cm³/mol. The summed E-state index contributed by atoms with van der Waals surface area (Å²) in [6, 6.07) is 18.5. The fourth-order valence-corrected chi connectivity index (χ4v) is 3.69. The molecule has 3 aromatic carbocycles. The molecule has 1 aliphatic heterocycles. The van der Waals surface area contributed by atoms with E-state index in [1.54, 1.807) is 42.5 Å². The molecule has 5 rings (SSSR count). The van der Waals surface area contributed by atoms with Gasteiger partial charge in [-0.25, -0.2) is 13.8 Å². The molecular weight excluding hydrogens is 476 g/mol. The van der Waals surface area contributed by atoms with E-state index in [0.717, 1.165) is 5.69 Å². The van der Waals surface area contributed by atoms with Crippen molar-refractivity contribution in [3.63, 3.8) is 0 Å². The first-order chi connectivity index (χ1) is 17.0. The van der Waals surface area contributed by atoms with Gasteiger partial charge in [0.2, 0.25) is 0 Å². The first-order valence-electron chi connectivity index (χ1n) is 10.5. The summed E-state index contributed by atoms with van der Waals surface area (Å²) >= 11 is 6.01. The number of hydrogen-bond acceptors (Lipinski definition) is 6. The summed E-state index contributed by atoms with van der Waals surface area (Å²) in [5.74, 6) is -0.543.